The highest BCUT2D eigenvalue weighted by Crippen LogP contribution is 2.29. The van der Waals surface area contributed by atoms with Crippen LogP contribution in [0.4, 0.5) is 5.13 Å². The van der Waals surface area contributed by atoms with Crippen molar-refractivity contribution in [3.8, 4) is 5.75 Å². The molecule has 0 saturated carbocycles. The normalized spacial score (nSPS) is 13.5. The number of amides is 3. The van der Waals surface area contributed by atoms with Crippen LogP contribution >= 0.6 is 11.3 Å². The molecule has 1 N–H and O–H groups in total. The van der Waals surface area contributed by atoms with E-state index >= 15 is 0 Å². The molecule has 0 unspecified atom stereocenters. The van der Waals surface area contributed by atoms with Gasteiger partial charge in [0.15, 0.2) is 5.13 Å². The van der Waals surface area contributed by atoms with E-state index in [1.54, 1.807) is 24.3 Å². The number of thiazole rings is 1. The average Bonchev–Trinajstić information content (AvgIpc) is 3.09. The van der Waals surface area contributed by atoms with E-state index in [1.807, 2.05) is 25.1 Å². The second kappa shape index (κ2) is 8.00. The fourth-order valence-corrected chi connectivity index (χ4v) is 4.15. The van der Waals surface area contributed by atoms with E-state index in [2.05, 4.69) is 10.3 Å². The minimum Gasteiger partial charge on any atom is -0.494 e. The van der Waals surface area contributed by atoms with Crippen molar-refractivity contribution in [3.05, 3.63) is 53.6 Å². The predicted octanol–water partition coefficient (Wildman–Crippen LogP) is 3.25. The first-order chi connectivity index (χ1) is 14.0. The molecule has 2 aromatic carbocycles. The van der Waals surface area contributed by atoms with Gasteiger partial charge in [0.1, 0.15) is 5.75 Å². The van der Waals surface area contributed by atoms with E-state index in [4.69, 9.17) is 4.74 Å². The van der Waals surface area contributed by atoms with Crippen molar-refractivity contribution in [1.82, 2.24) is 9.88 Å². The maximum Gasteiger partial charge on any atom is 0.260 e. The Morgan fingerprint density at radius 2 is 2.07 bits per heavy atom. The van der Waals surface area contributed by atoms with Crippen LogP contribution in [0.5, 0.6) is 5.75 Å². The second-order valence-electron chi connectivity index (χ2n) is 6.56. The fourth-order valence-electron chi connectivity index (χ4n) is 3.24. The minimum atomic E-state index is -0.354. The number of nitrogens with one attached hydrogen (secondary N) is 1. The zero-order valence-electron chi connectivity index (χ0n) is 15.8. The molecule has 4 rings (SSSR count). The maximum absolute atomic E-state index is 12.6. The number of ether oxygens (including phenoxy) is 1. The summed E-state index contributed by atoms with van der Waals surface area (Å²) in [5.74, 6) is -0.185. The molecule has 7 nitrogen and oxygen atoms in total. The summed E-state index contributed by atoms with van der Waals surface area (Å²) >= 11 is 1.35. The molecule has 0 radical (unpaired) electrons. The topological polar surface area (TPSA) is 88.6 Å². The van der Waals surface area contributed by atoms with Crippen molar-refractivity contribution >= 4 is 44.4 Å². The van der Waals surface area contributed by atoms with Crippen molar-refractivity contribution in [2.24, 2.45) is 0 Å². The highest BCUT2D eigenvalue weighted by molar-refractivity contribution is 7.22. The summed E-state index contributed by atoms with van der Waals surface area (Å²) in [6, 6.07) is 12.6. The minimum absolute atomic E-state index is 0.0137. The highest BCUT2D eigenvalue weighted by atomic mass is 32.1. The van der Waals surface area contributed by atoms with E-state index in [-0.39, 0.29) is 37.1 Å². The number of rotatable bonds is 6. The lowest BCUT2D eigenvalue weighted by molar-refractivity contribution is -0.128. The third-order valence-corrected chi connectivity index (χ3v) is 5.55. The second-order valence-corrected chi connectivity index (χ2v) is 7.59. The Morgan fingerprint density at radius 1 is 1.24 bits per heavy atom. The molecular formula is C21H19N3O4S. The van der Waals surface area contributed by atoms with Gasteiger partial charge in [0.05, 0.1) is 23.2 Å². The summed E-state index contributed by atoms with van der Waals surface area (Å²) in [5, 5.41) is 3.22. The van der Waals surface area contributed by atoms with Crippen LogP contribution in [-0.4, -0.2) is 40.8 Å². The van der Waals surface area contributed by atoms with E-state index < -0.39 is 0 Å². The van der Waals surface area contributed by atoms with Crippen LogP contribution in [-0.2, 0) is 16.0 Å². The zero-order valence-corrected chi connectivity index (χ0v) is 16.6. The van der Waals surface area contributed by atoms with Crippen LogP contribution in [0, 0.1) is 0 Å². The van der Waals surface area contributed by atoms with Crippen LogP contribution < -0.4 is 10.1 Å². The van der Waals surface area contributed by atoms with Gasteiger partial charge in [-0.25, -0.2) is 4.98 Å². The lowest BCUT2D eigenvalue weighted by Gasteiger charge is -2.26. The van der Waals surface area contributed by atoms with Crippen LogP contribution in [0.3, 0.4) is 0 Å². The van der Waals surface area contributed by atoms with Gasteiger partial charge in [0.25, 0.3) is 5.91 Å². The van der Waals surface area contributed by atoms with Gasteiger partial charge in [0.2, 0.25) is 11.8 Å². The van der Waals surface area contributed by atoms with Crippen LogP contribution in [0.25, 0.3) is 10.2 Å². The summed E-state index contributed by atoms with van der Waals surface area (Å²) in [6.45, 7) is 2.53. The Bertz CT molecular complexity index is 1110. The number of aromatic nitrogens is 1. The standard InChI is InChI=1S/C21H19N3O4S/c1-2-28-14-7-8-16-17(12-14)29-21(22-16)23-18(25)9-10-24-19(26)11-13-5-3-4-6-15(13)20(24)27/h3-8,12H,2,9-11H2,1H3,(H,22,23,25). The molecule has 1 aliphatic rings. The molecule has 1 aliphatic heterocycles. The summed E-state index contributed by atoms with van der Waals surface area (Å²) in [6.07, 6.45) is 0.184. The van der Waals surface area contributed by atoms with E-state index in [0.717, 1.165) is 26.4 Å². The lowest BCUT2D eigenvalue weighted by atomic mass is 9.98. The van der Waals surface area contributed by atoms with Gasteiger partial charge >= 0.3 is 0 Å². The fraction of sp³-hybridized carbons (Fsp3) is 0.238. The van der Waals surface area contributed by atoms with E-state index in [9.17, 15) is 14.4 Å². The maximum atomic E-state index is 12.6. The number of benzene rings is 2. The SMILES string of the molecule is CCOc1ccc2nc(NC(=O)CCN3C(=O)Cc4ccccc4C3=O)sc2c1. The summed E-state index contributed by atoms with van der Waals surface area (Å²) in [7, 11) is 0. The molecule has 29 heavy (non-hydrogen) atoms. The van der Waals surface area contributed by atoms with Gasteiger partial charge in [-0.05, 0) is 36.8 Å². The molecule has 8 heteroatoms. The monoisotopic (exact) mass is 409 g/mol. The molecule has 0 saturated heterocycles. The number of fused-ring (bicyclic) bond motifs is 2. The third-order valence-electron chi connectivity index (χ3n) is 4.62. The molecule has 148 valence electrons. The molecule has 1 aromatic heterocycles. The molecule has 0 aliphatic carbocycles. The van der Waals surface area contributed by atoms with E-state index in [0.29, 0.717) is 17.3 Å². The molecule has 3 amide bonds. The number of hydrogen-bond donors (Lipinski definition) is 1. The van der Waals surface area contributed by atoms with Crippen molar-refractivity contribution in [2.75, 3.05) is 18.5 Å². The number of hydrogen-bond acceptors (Lipinski definition) is 6. The van der Waals surface area contributed by atoms with Crippen molar-refractivity contribution in [1.29, 1.82) is 0 Å². The van der Waals surface area contributed by atoms with Gasteiger partial charge < -0.3 is 10.1 Å². The Morgan fingerprint density at radius 3 is 2.90 bits per heavy atom. The van der Waals surface area contributed by atoms with Crippen molar-refractivity contribution in [3.63, 3.8) is 0 Å². The Hall–Kier alpha value is -3.26. The highest BCUT2D eigenvalue weighted by Gasteiger charge is 2.30. The number of carbonyl (C=O) groups is 3. The van der Waals surface area contributed by atoms with Gasteiger partial charge in [-0.2, -0.15) is 0 Å². The summed E-state index contributed by atoms with van der Waals surface area (Å²) in [5.41, 5.74) is 2.01. The van der Waals surface area contributed by atoms with E-state index in [1.165, 1.54) is 11.3 Å². The summed E-state index contributed by atoms with van der Waals surface area (Å²) in [4.78, 5) is 42.7. The molecule has 0 bridgehead atoms. The van der Waals surface area contributed by atoms with Gasteiger partial charge in [-0.15, -0.1) is 0 Å². The number of carbonyl (C=O) groups excluding carboxylic acids is 3. The first kappa shape index (κ1) is 19.1. The van der Waals surface area contributed by atoms with Gasteiger partial charge in [0, 0.05) is 18.5 Å². The molecule has 3 aromatic rings. The zero-order chi connectivity index (χ0) is 20.4. The molecule has 0 spiro atoms. The van der Waals surface area contributed by atoms with Crippen LogP contribution in [0.2, 0.25) is 0 Å². The van der Waals surface area contributed by atoms with Crippen LogP contribution in [0.1, 0.15) is 29.3 Å². The Kier molecular flexibility index (Phi) is 5.26. The molecule has 0 atom stereocenters. The average molecular weight is 409 g/mol. The largest absolute Gasteiger partial charge is 0.494 e. The molecule has 0 fully saturated rings. The smallest absolute Gasteiger partial charge is 0.260 e. The first-order valence-electron chi connectivity index (χ1n) is 9.31. The number of anilines is 1. The van der Waals surface area contributed by atoms with Gasteiger partial charge in [-0.3, -0.25) is 19.3 Å². The first-order valence-corrected chi connectivity index (χ1v) is 10.1. The Labute approximate surface area is 171 Å². The number of imide groups is 1. The lowest BCUT2D eigenvalue weighted by Crippen LogP contribution is -2.43. The quantitative estimate of drug-likeness (QED) is 0.632. The van der Waals surface area contributed by atoms with Crippen molar-refractivity contribution in [2.45, 2.75) is 19.8 Å². The molecular weight excluding hydrogens is 390 g/mol. The van der Waals surface area contributed by atoms with Gasteiger partial charge in [-0.1, -0.05) is 29.5 Å². The number of nitrogens with zero attached hydrogens (tertiary/aromatic N) is 2. The predicted molar refractivity (Wildman–Crippen MR) is 110 cm³/mol. The summed E-state index contributed by atoms with van der Waals surface area (Å²) < 4.78 is 6.38. The third kappa shape index (κ3) is 3.97. The Balaban J connectivity index is 1.39. The molecule has 2 heterocycles. The van der Waals surface area contributed by atoms with Crippen molar-refractivity contribution < 1.29 is 19.1 Å². The van der Waals surface area contributed by atoms with Crippen LogP contribution in [0.15, 0.2) is 42.5 Å².